The van der Waals surface area contributed by atoms with Gasteiger partial charge in [-0.05, 0) is 18.8 Å². The van der Waals surface area contributed by atoms with Gasteiger partial charge in [0.05, 0.1) is 0 Å². The topological polar surface area (TPSA) is 39.4 Å². The van der Waals surface area contributed by atoms with E-state index < -0.39 is 0 Å². The molecule has 21 heavy (non-hydrogen) atoms. The molecule has 0 amide bonds. The fourth-order valence-electron chi connectivity index (χ4n) is 0.913. The van der Waals surface area contributed by atoms with Gasteiger partial charge in [0, 0.05) is 55.7 Å². The van der Waals surface area contributed by atoms with Crippen molar-refractivity contribution in [3.63, 3.8) is 0 Å². The Bertz CT molecular complexity index is 412. The molecule has 3 rings (SSSR count). The summed E-state index contributed by atoms with van der Waals surface area (Å²) < 4.78 is 14.1. The van der Waals surface area contributed by atoms with Crippen LogP contribution in [0.25, 0.3) is 0 Å². The quantitative estimate of drug-likeness (QED) is 0.536. The molecule has 3 radical (unpaired) electrons. The van der Waals surface area contributed by atoms with Crippen molar-refractivity contribution in [2.24, 2.45) is 0 Å². The molecule has 0 bridgehead atoms. The van der Waals surface area contributed by atoms with Crippen molar-refractivity contribution < 1.29 is 68.9 Å². The number of hydrogen-bond donors (Lipinski definition) is 0. The van der Waals surface area contributed by atoms with Gasteiger partial charge < -0.3 is 13.3 Å². The minimum absolute atomic E-state index is 0. The fraction of sp³-hybridized carbons (Fsp3) is 0.200. The minimum Gasteiger partial charge on any atom is -0.599 e. The second-order valence-electron chi connectivity index (χ2n) is 3.56. The molecule has 0 fully saturated rings. The fourth-order valence-corrected chi connectivity index (χ4v) is 0.913. The summed E-state index contributed by atoms with van der Waals surface area (Å²) in [6.07, 6.45) is 8.30. The van der Waals surface area contributed by atoms with Crippen molar-refractivity contribution in [1.29, 1.82) is 0 Å². The van der Waals surface area contributed by atoms with Gasteiger partial charge in [-0.1, -0.05) is 38.6 Å². The van der Waals surface area contributed by atoms with E-state index in [4.69, 9.17) is 8.83 Å². The summed E-state index contributed by atoms with van der Waals surface area (Å²) in [5.41, 5.74) is 1.12. The molecule has 0 unspecified atom stereocenters. The van der Waals surface area contributed by atoms with Crippen molar-refractivity contribution in [1.82, 2.24) is 0 Å². The molecule has 3 aromatic rings. The van der Waals surface area contributed by atoms with Crippen molar-refractivity contribution in [3.8, 4) is 0 Å². The Morgan fingerprint density at radius 1 is 0.905 bits per heavy atom. The van der Waals surface area contributed by atoms with Crippen molar-refractivity contribution in [2.75, 3.05) is 0 Å². The second kappa shape index (κ2) is 16.0. The molecule has 0 spiro atoms. The normalized spacial score (nSPS) is 7.57. The maximum atomic E-state index is 4.78. The van der Waals surface area contributed by atoms with Crippen LogP contribution < -0.4 is 0 Å². The van der Waals surface area contributed by atoms with Gasteiger partial charge in [0.15, 0.2) is 0 Å². The van der Waals surface area contributed by atoms with Gasteiger partial charge in [0.1, 0.15) is 0 Å². The van der Waals surface area contributed by atoms with Gasteiger partial charge in [-0.2, -0.15) is 17.7 Å². The van der Waals surface area contributed by atoms with Crippen molar-refractivity contribution >= 4 is 0 Å². The van der Waals surface area contributed by atoms with E-state index >= 15 is 0 Å². The second-order valence-corrected chi connectivity index (χ2v) is 3.56. The molecule has 0 aliphatic carbocycles. The van der Waals surface area contributed by atoms with Crippen LogP contribution in [-0.4, -0.2) is 0 Å². The zero-order valence-corrected chi connectivity index (χ0v) is 16.2. The average Bonchev–Trinajstić information content (AvgIpc) is 3.05. The first-order valence-corrected chi connectivity index (χ1v) is 5.43. The Balaban J connectivity index is -0.000000216. The molecule has 0 aliphatic heterocycles. The van der Waals surface area contributed by atoms with Gasteiger partial charge in [-0.15, -0.1) is 12.1 Å². The van der Waals surface area contributed by atoms with E-state index in [0.29, 0.717) is 0 Å². The Morgan fingerprint density at radius 3 is 1.76 bits per heavy atom. The first-order chi connectivity index (χ1) is 8.68. The molecule has 0 saturated heterocycles. The maximum Gasteiger partial charge on any atom is 0 e. The van der Waals surface area contributed by atoms with Crippen LogP contribution in [0.2, 0.25) is 0 Å². The Kier molecular flexibility index (Phi) is 19.4. The average molecular weight is 396 g/mol. The molecule has 0 aliphatic rings. The van der Waals surface area contributed by atoms with Crippen LogP contribution in [0.15, 0.2) is 50.0 Å². The number of rotatable bonds is 0. The SMILES string of the molecule is Cc1c[c-]co1.Cc1c[c-]oc1.Cc1cc[c-]o1.[V].[V].[V]. The van der Waals surface area contributed by atoms with Crippen LogP contribution in [0.3, 0.4) is 0 Å². The summed E-state index contributed by atoms with van der Waals surface area (Å²) in [6.45, 7) is 5.73. The van der Waals surface area contributed by atoms with Gasteiger partial charge in [-0.25, -0.2) is 6.07 Å². The molecular formula is C15H15O3V3-3. The van der Waals surface area contributed by atoms with Gasteiger partial charge in [0.25, 0.3) is 0 Å². The van der Waals surface area contributed by atoms with Gasteiger partial charge >= 0.3 is 0 Å². The zero-order valence-electron chi connectivity index (χ0n) is 12.0. The van der Waals surface area contributed by atoms with E-state index in [1.54, 1.807) is 24.5 Å². The van der Waals surface area contributed by atoms with Crippen LogP contribution in [-0.2, 0) is 55.7 Å². The molecule has 111 valence electrons. The van der Waals surface area contributed by atoms with Gasteiger partial charge in [-0.3, -0.25) is 0 Å². The monoisotopic (exact) mass is 396 g/mol. The zero-order chi connectivity index (χ0) is 13.2. The first-order valence-electron chi connectivity index (χ1n) is 5.43. The molecule has 3 aromatic heterocycles. The maximum absolute atomic E-state index is 4.78. The van der Waals surface area contributed by atoms with Crippen LogP contribution in [0.5, 0.6) is 0 Å². The van der Waals surface area contributed by atoms with Crippen LogP contribution in [0, 0.1) is 39.4 Å². The molecule has 3 nitrogen and oxygen atoms in total. The summed E-state index contributed by atoms with van der Waals surface area (Å²) >= 11 is 0. The summed E-state index contributed by atoms with van der Waals surface area (Å²) in [4.78, 5) is 0. The minimum atomic E-state index is 0. The summed E-state index contributed by atoms with van der Waals surface area (Å²) in [5, 5.41) is 0. The Hall–Kier alpha value is -0.407. The van der Waals surface area contributed by atoms with E-state index in [0.717, 1.165) is 17.1 Å². The predicted molar refractivity (Wildman–Crippen MR) is 66.8 cm³/mol. The third-order valence-electron chi connectivity index (χ3n) is 1.80. The van der Waals surface area contributed by atoms with E-state index in [-0.39, 0.29) is 55.7 Å². The van der Waals surface area contributed by atoms with E-state index in [1.807, 2.05) is 26.8 Å². The van der Waals surface area contributed by atoms with E-state index in [9.17, 15) is 0 Å². The molecule has 0 aromatic carbocycles. The van der Waals surface area contributed by atoms with Gasteiger partial charge in [0.2, 0.25) is 0 Å². The Labute approximate surface area is 161 Å². The Morgan fingerprint density at radius 2 is 1.62 bits per heavy atom. The number of furan rings is 3. The predicted octanol–water partition coefficient (Wildman–Crippen LogP) is 4.16. The number of hydrogen-bond acceptors (Lipinski definition) is 3. The molecule has 3 heterocycles. The van der Waals surface area contributed by atoms with E-state index in [2.05, 4.69) is 23.0 Å². The molecule has 6 heteroatoms. The standard InChI is InChI=1S/3C5H5O.3V/c1-5-2-3-6-4-5;2*1-5-3-2-4-6-5;;;/h2,4H,1H3;3-4H,1H3;2-3H,1H3;;;/q3*-1;;;. The largest absolute Gasteiger partial charge is 0.599 e. The summed E-state index contributed by atoms with van der Waals surface area (Å²) in [7, 11) is 0. The molecular weight excluding hydrogens is 381 g/mol. The van der Waals surface area contributed by atoms with E-state index in [1.165, 1.54) is 6.26 Å². The third kappa shape index (κ3) is 14.3. The summed E-state index contributed by atoms with van der Waals surface area (Å²) in [5.74, 6) is 1.82. The molecule has 0 N–H and O–H groups in total. The first kappa shape index (κ1) is 25.5. The van der Waals surface area contributed by atoms with Crippen LogP contribution >= 0.6 is 0 Å². The van der Waals surface area contributed by atoms with Crippen LogP contribution in [0.4, 0.5) is 0 Å². The molecule has 0 saturated carbocycles. The van der Waals surface area contributed by atoms with Crippen LogP contribution in [0.1, 0.15) is 17.1 Å². The summed E-state index contributed by atoms with van der Waals surface area (Å²) in [6, 6.07) is 9.95. The van der Waals surface area contributed by atoms with Crippen molar-refractivity contribution in [3.05, 3.63) is 72.5 Å². The third-order valence-corrected chi connectivity index (χ3v) is 1.80. The molecule has 0 atom stereocenters. The van der Waals surface area contributed by atoms with Crippen molar-refractivity contribution in [2.45, 2.75) is 20.8 Å². The number of aryl methyl sites for hydroxylation is 3. The smallest absolute Gasteiger partial charge is 0 e.